The van der Waals surface area contributed by atoms with Crippen molar-refractivity contribution in [3.63, 3.8) is 0 Å². The van der Waals surface area contributed by atoms with E-state index in [-0.39, 0.29) is 11.3 Å². The third-order valence-corrected chi connectivity index (χ3v) is 5.37. The summed E-state index contributed by atoms with van der Waals surface area (Å²) in [7, 11) is 1.69. The van der Waals surface area contributed by atoms with Crippen molar-refractivity contribution in [1.29, 1.82) is 0 Å². The molecule has 0 saturated carbocycles. The molecule has 0 bridgehead atoms. The van der Waals surface area contributed by atoms with E-state index in [1.165, 1.54) is 0 Å². The van der Waals surface area contributed by atoms with Gasteiger partial charge in [0.05, 0.1) is 23.7 Å². The number of hydrogen-bond acceptors (Lipinski definition) is 3. The Hall–Kier alpha value is -2.40. The van der Waals surface area contributed by atoms with Crippen LogP contribution in [0.4, 0.5) is 5.69 Å². The summed E-state index contributed by atoms with van der Waals surface area (Å²) in [6, 6.07) is 8.01. The number of carbonyl (C=O) groups is 1. The first-order valence-electron chi connectivity index (χ1n) is 8.88. The maximum absolute atomic E-state index is 13.0. The molecule has 0 spiro atoms. The number of anilines is 1. The van der Waals surface area contributed by atoms with E-state index in [0.717, 1.165) is 47.1 Å². The quantitative estimate of drug-likeness (QED) is 0.833. The zero-order valence-corrected chi connectivity index (χ0v) is 15.5. The maximum atomic E-state index is 13.0. The number of aromatic nitrogens is 1. The first-order chi connectivity index (χ1) is 12.7. The molecule has 0 radical (unpaired) electrons. The van der Waals surface area contributed by atoms with E-state index in [1.54, 1.807) is 7.11 Å². The molecule has 1 atom stereocenters. The second-order valence-corrected chi connectivity index (χ2v) is 7.16. The molecular weight excluding hydrogens is 350 g/mol. The molecule has 1 amide bonds. The van der Waals surface area contributed by atoms with Crippen molar-refractivity contribution in [2.45, 2.75) is 11.8 Å². The number of nitrogens with one attached hydrogen (secondary N) is 1. The molecule has 5 nitrogen and oxygen atoms in total. The number of rotatable bonds is 3. The molecule has 136 valence electrons. The van der Waals surface area contributed by atoms with Crippen LogP contribution in [0.1, 0.15) is 16.8 Å². The average molecular weight is 372 g/mol. The number of H-pyrrole nitrogens is 1. The molecule has 2 heterocycles. The zero-order chi connectivity index (χ0) is 18.1. The summed E-state index contributed by atoms with van der Waals surface area (Å²) in [5.41, 5.74) is 1.82. The van der Waals surface area contributed by atoms with Crippen LogP contribution in [0.15, 0.2) is 30.5 Å². The van der Waals surface area contributed by atoms with Crippen molar-refractivity contribution in [2.75, 3.05) is 38.2 Å². The van der Waals surface area contributed by atoms with Crippen LogP contribution >= 0.6 is 11.6 Å². The van der Waals surface area contributed by atoms with Gasteiger partial charge in [0.1, 0.15) is 5.75 Å². The molecule has 1 aromatic heterocycles. The monoisotopic (exact) mass is 371 g/mol. The van der Waals surface area contributed by atoms with Gasteiger partial charge in [0.15, 0.2) is 0 Å². The van der Waals surface area contributed by atoms with Gasteiger partial charge in [-0.2, -0.15) is 0 Å². The molecule has 1 saturated heterocycles. The Labute approximate surface area is 157 Å². The minimum Gasteiger partial charge on any atom is -0.495 e. The Kier molecular flexibility index (Phi) is 4.64. The molecule has 2 aliphatic rings. The van der Waals surface area contributed by atoms with Gasteiger partial charge in [0.25, 0.3) is 5.91 Å². The topological polar surface area (TPSA) is 48.6 Å². The van der Waals surface area contributed by atoms with Crippen LogP contribution in [0.3, 0.4) is 0 Å². The van der Waals surface area contributed by atoms with Crippen LogP contribution in [0.2, 0.25) is 0 Å². The number of amides is 1. The van der Waals surface area contributed by atoms with Gasteiger partial charge in [-0.05, 0) is 24.6 Å². The van der Waals surface area contributed by atoms with Gasteiger partial charge in [0, 0.05) is 42.9 Å². The lowest BCUT2D eigenvalue weighted by atomic mass is 10.1. The number of nitrogens with zero attached hydrogens (tertiary/aromatic N) is 2. The van der Waals surface area contributed by atoms with Crippen LogP contribution in [0.25, 0.3) is 12.2 Å². The first kappa shape index (κ1) is 17.0. The lowest BCUT2D eigenvalue weighted by Gasteiger charge is -2.36. The first-order valence-corrected chi connectivity index (χ1v) is 9.32. The van der Waals surface area contributed by atoms with Gasteiger partial charge in [0.2, 0.25) is 0 Å². The highest BCUT2D eigenvalue weighted by Crippen LogP contribution is 2.28. The Morgan fingerprint density at radius 2 is 2.00 bits per heavy atom. The van der Waals surface area contributed by atoms with Gasteiger partial charge in [-0.15, -0.1) is 11.6 Å². The number of alkyl halides is 1. The highest BCUT2D eigenvalue weighted by molar-refractivity contribution is 6.24. The van der Waals surface area contributed by atoms with Gasteiger partial charge >= 0.3 is 0 Å². The number of piperazine rings is 1. The molecule has 1 unspecified atom stereocenters. The number of halogens is 1. The lowest BCUT2D eigenvalue weighted by Crippen LogP contribution is -2.50. The van der Waals surface area contributed by atoms with Crippen molar-refractivity contribution in [3.05, 3.63) is 46.6 Å². The van der Waals surface area contributed by atoms with Crippen molar-refractivity contribution < 1.29 is 9.53 Å². The largest absolute Gasteiger partial charge is 0.495 e. The van der Waals surface area contributed by atoms with E-state index in [1.807, 2.05) is 35.4 Å². The number of para-hydroxylation sites is 2. The van der Waals surface area contributed by atoms with Gasteiger partial charge in [-0.3, -0.25) is 4.79 Å². The predicted molar refractivity (Wildman–Crippen MR) is 104 cm³/mol. The molecule has 1 aliphatic heterocycles. The number of ether oxygens (including phenoxy) is 1. The standard InChI is InChI=1S/C20H22ClN3O2/c1-26-19-5-3-2-4-18(19)23-8-10-24(11-9-23)20(25)16-13-22-17-12-14(21)6-7-15(16)17/h2-5,7,12-14,22H,6,8-11H2,1H3. The number of carbonyl (C=O) groups excluding carboxylic acids is 1. The fourth-order valence-corrected chi connectivity index (χ4v) is 3.89. The summed E-state index contributed by atoms with van der Waals surface area (Å²) in [5, 5.41) is 1.93. The molecular formula is C20H22ClN3O2. The second kappa shape index (κ2) is 7.08. The van der Waals surface area contributed by atoms with Crippen molar-refractivity contribution >= 4 is 35.3 Å². The smallest absolute Gasteiger partial charge is 0.256 e. The number of benzene rings is 1. The van der Waals surface area contributed by atoms with E-state index in [9.17, 15) is 4.79 Å². The minimum absolute atomic E-state index is 0.00602. The van der Waals surface area contributed by atoms with Gasteiger partial charge < -0.3 is 19.5 Å². The minimum atomic E-state index is -0.00602. The SMILES string of the molecule is COc1ccccc1N1CCN(C(=O)c2c[nH]c3c2=CCC(Cl)C=3)CC1. The summed E-state index contributed by atoms with van der Waals surface area (Å²) < 4.78 is 5.46. The normalized spacial score (nSPS) is 19.4. The van der Waals surface area contributed by atoms with E-state index >= 15 is 0 Å². The summed E-state index contributed by atoms with van der Waals surface area (Å²) in [6.07, 6.45) is 6.60. The second-order valence-electron chi connectivity index (χ2n) is 6.60. The molecule has 1 N–H and O–H groups in total. The average Bonchev–Trinajstić information content (AvgIpc) is 3.10. The van der Waals surface area contributed by atoms with Gasteiger partial charge in [-0.1, -0.05) is 18.2 Å². The predicted octanol–water partition coefficient (Wildman–Crippen LogP) is 1.56. The number of fused-ring (bicyclic) bond motifs is 1. The number of hydrogen-bond donors (Lipinski definition) is 1. The van der Waals surface area contributed by atoms with Crippen molar-refractivity contribution in [3.8, 4) is 5.75 Å². The van der Waals surface area contributed by atoms with Gasteiger partial charge in [-0.25, -0.2) is 0 Å². The van der Waals surface area contributed by atoms with E-state index in [0.29, 0.717) is 13.1 Å². The highest BCUT2D eigenvalue weighted by atomic mass is 35.5. The molecule has 1 aliphatic carbocycles. The van der Waals surface area contributed by atoms with Crippen molar-refractivity contribution in [1.82, 2.24) is 9.88 Å². The van der Waals surface area contributed by atoms with Crippen LogP contribution < -0.4 is 20.2 Å². The van der Waals surface area contributed by atoms with Crippen LogP contribution in [0.5, 0.6) is 5.75 Å². The summed E-state index contributed by atoms with van der Waals surface area (Å²) >= 11 is 6.16. The maximum Gasteiger partial charge on any atom is 0.256 e. The summed E-state index contributed by atoms with van der Waals surface area (Å²) in [6.45, 7) is 2.97. The number of methoxy groups -OCH3 is 1. The zero-order valence-electron chi connectivity index (χ0n) is 14.7. The Bertz CT molecular complexity index is 929. The molecule has 1 aromatic carbocycles. The van der Waals surface area contributed by atoms with E-state index in [2.05, 4.69) is 22.0 Å². The third-order valence-electron chi connectivity index (χ3n) is 5.07. The fraction of sp³-hybridized carbons (Fsp3) is 0.350. The molecule has 4 rings (SSSR count). The summed E-state index contributed by atoms with van der Waals surface area (Å²) in [4.78, 5) is 20.4. The van der Waals surface area contributed by atoms with E-state index < -0.39 is 0 Å². The highest BCUT2D eigenvalue weighted by Gasteiger charge is 2.25. The Balaban J connectivity index is 1.49. The Morgan fingerprint density at radius 3 is 2.77 bits per heavy atom. The molecule has 6 heteroatoms. The third kappa shape index (κ3) is 3.07. The van der Waals surface area contributed by atoms with Crippen LogP contribution in [-0.4, -0.2) is 54.5 Å². The summed E-state index contributed by atoms with van der Waals surface area (Å²) in [5.74, 6) is 0.951. The molecule has 2 aromatic rings. The number of aromatic amines is 1. The molecule has 26 heavy (non-hydrogen) atoms. The Morgan fingerprint density at radius 1 is 1.23 bits per heavy atom. The lowest BCUT2D eigenvalue weighted by molar-refractivity contribution is 0.0745. The van der Waals surface area contributed by atoms with Crippen LogP contribution in [-0.2, 0) is 0 Å². The van der Waals surface area contributed by atoms with Crippen molar-refractivity contribution in [2.24, 2.45) is 0 Å². The fourth-order valence-electron chi connectivity index (χ4n) is 3.68. The molecule has 1 fully saturated rings. The van der Waals surface area contributed by atoms with E-state index in [4.69, 9.17) is 16.3 Å². The van der Waals surface area contributed by atoms with Crippen LogP contribution in [0, 0.1) is 0 Å².